The third-order valence-corrected chi connectivity index (χ3v) is 3.23. The largest absolute Gasteiger partial charge is 0.409 e. The minimum atomic E-state index is -0.327. The molecule has 0 aliphatic carbocycles. The van der Waals surface area contributed by atoms with Gasteiger partial charge in [0.2, 0.25) is 5.89 Å². The van der Waals surface area contributed by atoms with Gasteiger partial charge in [0.05, 0.1) is 11.1 Å². The monoisotopic (exact) mass is 289 g/mol. The number of halogens is 1. The number of rotatable bonds is 2. The van der Waals surface area contributed by atoms with Crippen molar-refractivity contribution in [2.24, 2.45) is 0 Å². The Labute approximate surface area is 119 Å². The fourth-order valence-electron chi connectivity index (χ4n) is 2.04. The Hall–Kier alpha value is -2.08. The number of fused-ring (bicyclic) bond motifs is 1. The summed E-state index contributed by atoms with van der Waals surface area (Å²) >= 11 is 4.89. The van der Waals surface area contributed by atoms with Gasteiger partial charge in [-0.2, -0.15) is 0 Å². The molecule has 0 saturated heterocycles. The van der Waals surface area contributed by atoms with Crippen LogP contribution in [0.1, 0.15) is 25.5 Å². The molecule has 3 rings (SSSR count). The van der Waals surface area contributed by atoms with Gasteiger partial charge in [-0.15, -0.1) is 5.10 Å². The Bertz CT molecular complexity index is 838. The normalized spacial score (nSPS) is 11.4. The zero-order valence-electron chi connectivity index (χ0n) is 11.0. The number of H-pyrrole nitrogens is 1. The maximum Gasteiger partial charge on any atom is 0.284 e. The van der Waals surface area contributed by atoms with Crippen LogP contribution in [0.2, 0.25) is 0 Å². The van der Waals surface area contributed by atoms with E-state index in [4.69, 9.17) is 16.6 Å². The number of pyridine rings is 1. The van der Waals surface area contributed by atoms with Gasteiger partial charge in [0.25, 0.3) is 4.84 Å². The van der Waals surface area contributed by atoms with Gasteiger partial charge in [-0.1, -0.05) is 13.8 Å². The molecule has 0 unspecified atom stereocenters. The van der Waals surface area contributed by atoms with Crippen molar-refractivity contribution in [3.05, 3.63) is 40.6 Å². The van der Waals surface area contributed by atoms with Crippen LogP contribution in [-0.4, -0.2) is 15.2 Å². The molecule has 6 heteroatoms. The molecule has 2 heterocycles. The lowest BCUT2D eigenvalue weighted by atomic mass is 10.0. The Morgan fingerprint density at radius 1 is 1.30 bits per heavy atom. The molecule has 0 spiro atoms. The highest BCUT2D eigenvalue weighted by Gasteiger charge is 2.14. The van der Waals surface area contributed by atoms with E-state index in [1.54, 1.807) is 6.07 Å². The number of aromatic amines is 1. The van der Waals surface area contributed by atoms with Crippen molar-refractivity contribution in [1.82, 2.24) is 15.2 Å². The minimum absolute atomic E-state index is 0.187. The molecule has 0 aliphatic heterocycles. The van der Waals surface area contributed by atoms with E-state index in [0.717, 1.165) is 5.69 Å². The van der Waals surface area contributed by atoms with E-state index < -0.39 is 0 Å². The minimum Gasteiger partial charge on any atom is -0.409 e. The molecule has 1 aromatic carbocycles. The predicted molar refractivity (Wildman–Crippen MR) is 76.5 cm³/mol. The Balaban J connectivity index is 2.37. The number of hydrogen-bond acceptors (Lipinski definition) is 4. The van der Waals surface area contributed by atoms with Crippen LogP contribution in [0.25, 0.3) is 22.4 Å². The Kier molecular flexibility index (Phi) is 3.10. The summed E-state index contributed by atoms with van der Waals surface area (Å²) in [6.07, 6.45) is 0. The topological polar surface area (TPSA) is 54.7 Å². The molecule has 3 aromatic rings. The number of benzene rings is 1. The zero-order valence-corrected chi connectivity index (χ0v) is 11.8. The summed E-state index contributed by atoms with van der Waals surface area (Å²) in [5.74, 6) is 0.256. The van der Waals surface area contributed by atoms with Gasteiger partial charge in [-0.25, -0.2) is 9.49 Å². The summed E-state index contributed by atoms with van der Waals surface area (Å²) < 4.78 is 18.8. The highest BCUT2D eigenvalue weighted by atomic mass is 32.1. The lowest BCUT2D eigenvalue weighted by molar-refractivity contribution is 0.552. The van der Waals surface area contributed by atoms with Crippen LogP contribution in [0.4, 0.5) is 4.39 Å². The average molecular weight is 289 g/mol. The van der Waals surface area contributed by atoms with Gasteiger partial charge >= 0.3 is 0 Å². The van der Waals surface area contributed by atoms with Crippen molar-refractivity contribution >= 4 is 23.1 Å². The molecular formula is C14H12FN3OS. The summed E-state index contributed by atoms with van der Waals surface area (Å²) in [4.78, 5) is 4.72. The summed E-state index contributed by atoms with van der Waals surface area (Å²) in [5.41, 5.74) is 2.28. The number of nitrogens with zero attached hydrogens (tertiary/aromatic N) is 2. The van der Waals surface area contributed by atoms with Crippen LogP contribution in [0, 0.1) is 10.7 Å². The molecule has 4 nitrogen and oxygen atoms in total. The van der Waals surface area contributed by atoms with E-state index >= 15 is 0 Å². The summed E-state index contributed by atoms with van der Waals surface area (Å²) in [6, 6.07) is 6.33. The van der Waals surface area contributed by atoms with Crippen molar-refractivity contribution in [3.8, 4) is 11.5 Å². The first-order chi connectivity index (χ1) is 9.54. The van der Waals surface area contributed by atoms with Crippen LogP contribution < -0.4 is 0 Å². The zero-order chi connectivity index (χ0) is 14.3. The molecule has 0 atom stereocenters. The maximum atomic E-state index is 13.5. The summed E-state index contributed by atoms with van der Waals surface area (Å²) in [5, 5.41) is 7.25. The highest BCUT2D eigenvalue weighted by Crippen LogP contribution is 2.30. The summed E-state index contributed by atoms with van der Waals surface area (Å²) in [7, 11) is 0. The van der Waals surface area contributed by atoms with E-state index in [1.165, 1.54) is 12.1 Å². The number of aromatic nitrogens is 3. The second kappa shape index (κ2) is 4.79. The number of nitrogens with one attached hydrogen (secondary N) is 1. The van der Waals surface area contributed by atoms with Crippen molar-refractivity contribution in [1.29, 1.82) is 0 Å². The molecule has 102 valence electrons. The highest BCUT2D eigenvalue weighted by molar-refractivity contribution is 7.71. The molecule has 0 amide bonds. The van der Waals surface area contributed by atoms with E-state index in [-0.39, 0.29) is 16.6 Å². The van der Waals surface area contributed by atoms with Crippen molar-refractivity contribution in [2.75, 3.05) is 0 Å². The third-order valence-electron chi connectivity index (χ3n) is 3.05. The summed E-state index contributed by atoms with van der Waals surface area (Å²) in [6.45, 7) is 4.09. The lowest BCUT2D eigenvalue weighted by Crippen LogP contribution is -1.96. The van der Waals surface area contributed by atoms with Crippen molar-refractivity contribution in [2.45, 2.75) is 19.8 Å². The van der Waals surface area contributed by atoms with Crippen LogP contribution in [0.3, 0.4) is 0 Å². The lowest BCUT2D eigenvalue weighted by Gasteiger charge is -2.09. The first kappa shape index (κ1) is 12.9. The fourth-order valence-corrected chi connectivity index (χ4v) is 2.16. The molecule has 20 heavy (non-hydrogen) atoms. The first-order valence-electron chi connectivity index (χ1n) is 6.20. The standard InChI is InChI=1S/C14H12FN3OS/c1-7(2)12-6-10(13-17-18-14(20)19-13)9-5-8(15)3-4-11(9)16-12/h3-7H,1-2H3,(H,18,20). The second-order valence-electron chi connectivity index (χ2n) is 4.83. The molecule has 1 N–H and O–H groups in total. The molecule has 2 aromatic heterocycles. The van der Waals surface area contributed by atoms with E-state index in [1.807, 2.05) is 19.9 Å². The van der Waals surface area contributed by atoms with E-state index in [9.17, 15) is 4.39 Å². The molecule has 0 bridgehead atoms. The van der Waals surface area contributed by atoms with Crippen LogP contribution in [0.15, 0.2) is 28.7 Å². The van der Waals surface area contributed by atoms with Gasteiger partial charge in [0.1, 0.15) is 5.82 Å². The molecular weight excluding hydrogens is 277 g/mol. The molecule has 0 radical (unpaired) electrons. The first-order valence-corrected chi connectivity index (χ1v) is 6.61. The molecule has 0 saturated carbocycles. The molecule has 0 fully saturated rings. The van der Waals surface area contributed by atoms with E-state index in [0.29, 0.717) is 22.4 Å². The van der Waals surface area contributed by atoms with Crippen molar-refractivity contribution < 1.29 is 8.81 Å². The smallest absolute Gasteiger partial charge is 0.284 e. The Morgan fingerprint density at radius 3 is 2.75 bits per heavy atom. The van der Waals surface area contributed by atoms with Gasteiger partial charge in [-0.3, -0.25) is 4.98 Å². The number of hydrogen-bond donors (Lipinski definition) is 1. The second-order valence-corrected chi connectivity index (χ2v) is 5.20. The predicted octanol–water partition coefficient (Wildman–Crippen LogP) is 4.21. The SMILES string of the molecule is CC(C)c1cc(-c2n[nH]c(=S)o2)c2cc(F)ccc2n1. The van der Waals surface area contributed by atoms with Crippen LogP contribution in [0.5, 0.6) is 0 Å². The third kappa shape index (κ3) is 2.22. The Morgan fingerprint density at radius 2 is 2.10 bits per heavy atom. The maximum absolute atomic E-state index is 13.5. The van der Waals surface area contributed by atoms with Crippen LogP contribution >= 0.6 is 12.2 Å². The van der Waals surface area contributed by atoms with E-state index in [2.05, 4.69) is 15.2 Å². The van der Waals surface area contributed by atoms with Crippen LogP contribution in [-0.2, 0) is 0 Å². The quantitative estimate of drug-likeness (QED) is 0.718. The fraction of sp³-hybridized carbons (Fsp3) is 0.214. The van der Waals surface area contributed by atoms with Gasteiger partial charge in [0, 0.05) is 11.1 Å². The van der Waals surface area contributed by atoms with Crippen molar-refractivity contribution in [3.63, 3.8) is 0 Å². The van der Waals surface area contributed by atoms with Gasteiger partial charge in [0.15, 0.2) is 0 Å². The van der Waals surface area contributed by atoms with Gasteiger partial charge in [-0.05, 0) is 42.4 Å². The van der Waals surface area contributed by atoms with Gasteiger partial charge < -0.3 is 4.42 Å². The average Bonchev–Trinajstić information content (AvgIpc) is 2.84. The molecule has 0 aliphatic rings.